The molecule has 1 atom stereocenters. The predicted octanol–water partition coefficient (Wildman–Crippen LogP) is 4.65. The molecule has 0 spiro atoms. The molecule has 2 N–H and O–H groups in total. The molecule has 1 unspecified atom stereocenters. The van der Waals surface area contributed by atoms with E-state index in [0.717, 1.165) is 6.42 Å². The first-order valence-corrected chi connectivity index (χ1v) is 7.87. The first-order valence-electron chi connectivity index (χ1n) is 7.06. The maximum absolute atomic E-state index is 5.87. The number of rotatable bonds is 4. The van der Waals surface area contributed by atoms with Crippen LogP contribution in [0.25, 0.3) is 0 Å². The molecule has 0 radical (unpaired) electrons. The molecule has 0 amide bonds. The second-order valence-corrected chi connectivity index (χ2v) is 6.74. The number of nitrogens with two attached hydrogens (primary N) is 1. The van der Waals surface area contributed by atoms with Crippen molar-refractivity contribution in [3.8, 4) is 0 Å². The van der Waals surface area contributed by atoms with Crippen molar-refractivity contribution in [3.05, 3.63) is 58.7 Å². The lowest BCUT2D eigenvalue weighted by molar-refractivity contribution is 0.737. The van der Waals surface area contributed by atoms with Crippen LogP contribution in [-0.2, 0) is 6.42 Å². The summed E-state index contributed by atoms with van der Waals surface area (Å²) in [7, 11) is 0. The van der Waals surface area contributed by atoms with Crippen LogP contribution in [0.2, 0.25) is 0 Å². The van der Waals surface area contributed by atoms with E-state index in [1.54, 1.807) is 0 Å². The van der Waals surface area contributed by atoms with Gasteiger partial charge in [0.05, 0.1) is 0 Å². The summed E-state index contributed by atoms with van der Waals surface area (Å²) in [6.07, 6.45) is 0.940. The third-order valence-corrected chi connectivity index (χ3v) is 4.70. The SMILES string of the molecule is Cc1ccc(C)c(Sc2ccc(CC(C)N)cc2C)c1. The van der Waals surface area contributed by atoms with E-state index in [9.17, 15) is 0 Å². The molecule has 0 bridgehead atoms. The number of benzene rings is 2. The first-order chi connectivity index (χ1) is 9.45. The highest BCUT2D eigenvalue weighted by Crippen LogP contribution is 2.33. The monoisotopic (exact) mass is 285 g/mol. The van der Waals surface area contributed by atoms with Gasteiger partial charge in [-0.15, -0.1) is 0 Å². The minimum absolute atomic E-state index is 0.215. The Kier molecular flexibility index (Phi) is 4.90. The molecule has 1 nitrogen and oxygen atoms in total. The smallest absolute Gasteiger partial charge is 0.0154 e. The van der Waals surface area contributed by atoms with Crippen LogP contribution < -0.4 is 5.73 Å². The van der Waals surface area contributed by atoms with Gasteiger partial charge in [-0.05, 0) is 68.5 Å². The maximum atomic E-state index is 5.87. The molecule has 0 aromatic heterocycles. The molecule has 106 valence electrons. The average Bonchev–Trinajstić information content (AvgIpc) is 2.36. The fraction of sp³-hybridized carbons (Fsp3) is 0.333. The van der Waals surface area contributed by atoms with E-state index >= 15 is 0 Å². The van der Waals surface area contributed by atoms with Crippen molar-refractivity contribution < 1.29 is 0 Å². The Bertz CT molecular complexity index is 602. The van der Waals surface area contributed by atoms with Gasteiger partial charge in [0.1, 0.15) is 0 Å². The Balaban J connectivity index is 2.23. The zero-order valence-electron chi connectivity index (χ0n) is 12.7. The molecule has 0 saturated heterocycles. The summed E-state index contributed by atoms with van der Waals surface area (Å²) in [5.41, 5.74) is 11.2. The molecule has 0 aliphatic carbocycles. The van der Waals surface area contributed by atoms with Crippen molar-refractivity contribution in [1.82, 2.24) is 0 Å². The van der Waals surface area contributed by atoms with Crippen LogP contribution in [-0.4, -0.2) is 6.04 Å². The van der Waals surface area contributed by atoms with Gasteiger partial charge in [0.15, 0.2) is 0 Å². The largest absolute Gasteiger partial charge is 0.328 e. The number of hydrogen-bond acceptors (Lipinski definition) is 2. The summed E-state index contributed by atoms with van der Waals surface area (Å²) in [6, 6.07) is 13.5. The van der Waals surface area contributed by atoms with E-state index < -0.39 is 0 Å². The molecule has 0 aliphatic rings. The summed E-state index contributed by atoms with van der Waals surface area (Å²) in [6.45, 7) is 8.54. The van der Waals surface area contributed by atoms with Gasteiger partial charge in [0, 0.05) is 15.8 Å². The minimum atomic E-state index is 0.215. The van der Waals surface area contributed by atoms with Crippen molar-refractivity contribution in [2.45, 2.75) is 49.9 Å². The van der Waals surface area contributed by atoms with E-state index in [1.807, 2.05) is 18.7 Å². The highest BCUT2D eigenvalue weighted by molar-refractivity contribution is 7.99. The van der Waals surface area contributed by atoms with Crippen LogP contribution in [0.5, 0.6) is 0 Å². The molecular formula is C18H23NS. The van der Waals surface area contributed by atoms with Gasteiger partial charge in [-0.2, -0.15) is 0 Å². The lowest BCUT2D eigenvalue weighted by Gasteiger charge is -2.12. The number of aryl methyl sites for hydroxylation is 3. The van der Waals surface area contributed by atoms with Crippen LogP contribution >= 0.6 is 11.8 Å². The van der Waals surface area contributed by atoms with E-state index in [2.05, 4.69) is 57.2 Å². The van der Waals surface area contributed by atoms with Gasteiger partial charge in [-0.25, -0.2) is 0 Å². The van der Waals surface area contributed by atoms with Crippen molar-refractivity contribution >= 4 is 11.8 Å². The van der Waals surface area contributed by atoms with Gasteiger partial charge in [-0.3, -0.25) is 0 Å². The quantitative estimate of drug-likeness (QED) is 0.884. The van der Waals surface area contributed by atoms with Crippen LogP contribution in [0.15, 0.2) is 46.2 Å². The van der Waals surface area contributed by atoms with Crippen molar-refractivity contribution in [3.63, 3.8) is 0 Å². The summed E-state index contributed by atoms with van der Waals surface area (Å²) >= 11 is 1.85. The van der Waals surface area contributed by atoms with Crippen LogP contribution in [0.1, 0.15) is 29.2 Å². The molecule has 0 fully saturated rings. The van der Waals surface area contributed by atoms with Gasteiger partial charge >= 0.3 is 0 Å². The van der Waals surface area contributed by atoms with Crippen molar-refractivity contribution in [2.24, 2.45) is 5.73 Å². The van der Waals surface area contributed by atoms with Gasteiger partial charge in [0.25, 0.3) is 0 Å². The molecule has 2 aromatic carbocycles. The fourth-order valence-corrected chi connectivity index (χ4v) is 3.33. The predicted molar refractivity (Wildman–Crippen MR) is 88.6 cm³/mol. The van der Waals surface area contributed by atoms with Gasteiger partial charge in [-0.1, -0.05) is 36.0 Å². The molecule has 2 heteroatoms. The lowest BCUT2D eigenvalue weighted by Crippen LogP contribution is -2.17. The zero-order valence-corrected chi connectivity index (χ0v) is 13.6. The van der Waals surface area contributed by atoms with E-state index in [0.29, 0.717) is 0 Å². The van der Waals surface area contributed by atoms with Crippen molar-refractivity contribution in [2.75, 3.05) is 0 Å². The second kappa shape index (κ2) is 6.47. The average molecular weight is 285 g/mol. The Labute approximate surface area is 126 Å². The summed E-state index contributed by atoms with van der Waals surface area (Å²) in [4.78, 5) is 2.67. The third-order valence-electron chi connectivity index (χ3n) is 3.36. The second-order valence-electron chi connectivity index (χ2n) is 5.65. The molecule has 2 rings (SSSR count). The number of hydrogen-bond donors (Lipinski definition) is 1. The van der Waals surface area contributed by atoms with E-state index in [-0.39, 0.29) is 6.04 Å². The Hall–Kier alpha value is -1.25. The van der Waals surface area contributed by atoms with E-state index in [4.69, 9.17) is 5.73 Å². The third kappa shape index (κ3) is 3.87. The summed E-state index contributed by atoms with van der Waals surface area (Å²) in [5.74, 6) is 0. The molecule has 0 heterocycles. The van der Waals surface area contributed by atoms with Crippen LogP contribution in [0.3, 0.4) is 0 Å². The topological polar surface area (TPSA) is 26.0 Å². The van der Waals surface area contributed by atoms with Crippen LogP contribution in [0.4, 0.5) is 0 Å². The molecular weight excluding hydrogens is 262 g/mol. The summed E-state index contributed by atoms with van der Waals surface area (Å²) < 4.78 is 0. The summed E-state index contributed by atoms with van der Waals surface area (Å²) in [5, 5.41) is 0. The molecule has 2 aromatic rings. The van der Waals surface area contributed by atoms with Crippen molar-refractivity contribution in [1.29, 1.82) is 0 Å². The maximum Gasteiger partial charge on any atom is 0.0154 e. The van der Waals surface area contributed by atoms with Gasteiger partial charge < -0.3 is 5.73 Å². The standard InChI is InChI=1S/C18H23NS/c1-12-5-6-13(2)18(9-12)20-17-8-7-16(10-14(17)3)11-15(4)19/h5-10,15H,11,19H2,1-4H3. The van der Waals surface area contributed by atoms with E-state index in [1.165, 1.54) is 32.0 Å². The van der Waals surface area contributed by atoms with Gasteiger partial charge in [0.2, 0.25) is 0 Å². The molecule has 20 heavy (non-hydrogen) atoms. The highest BCUT2D eigenvalue weighted by atomic mass is 32.2. The lowest BCUT2D eigenvalue weighted by atomic mass is 10.1. The van der Waals surface area contributed by atoms with Crippen LogP contribution in [0, 0.1) is 20.8 Å². The normalized spacial score (nSPS) is 12.4. The Morgan fingerprint density at radius 3 is 2.35 bits per heavy atom. The minimum Gasteiger partial charge on any atom is -0.328 e. The zero-order chi connectivity index (χ0) is 14.7. The Morgan fingerprint density at radius 1 is 0.950 bits per heavy atom. The Morgan fingerprint density at radius 2 is 1.70 bits per heavy atom. The highest BCUT2D eigenvalue weighted by Gasteiger charge is 2.06. The molecule has 0 saturated carbocycles. The first kappa shape index (κ1) is 15.1. The fourth-order valence-electron chi connectivity index (χ4n) is 2.26. The molecule has 0 aliphatic heterocycles.